The minimum Gasteiger partial charge on any atom is -0.294 e. The summed E-state index contributed by atoms with van der Waals surface area (Å²) in [4.78, 5) is 0. The topological polar surface area (TPSA) is 64.8 Å². The normalized spacial score (nSPS) is 15.6. The van der Waals surface area contributed by atoms with Gasteiger partial charge in [0.05, 0.1) is 0 Å². The molecule has 106 valence electrons. The summed E-state index contributed by atoms with van der Waals surface area (Å²) in [5.41, 5.74) is 1.85. The van der Waals surface area contributed by atoms with Gasteiger partial charge in [-0.2, -0.15) is 0 Å². The summed E-state index contributed by atoms with van der Waals surface area (Å²) in [7, 11) is 1.55. The van der Waals surface area contributed by atoms with Crippen molar-refractivity contribution in [2.24, 2.45) is 0 Å². The lowest BCUT2D eigenvalue weighted by molar-refractivity contribution is 0.579. The molecule has 0 aliphatic heterocycles. The lowest BCUT2D eigenvalue weighted by atomic mass is 10.1. The van der Waals surface area contributed by atoms with Gasteiger partial charge in [-0.1, -0.05) is 15.9 Å². The minimum atomic E-state index is -3.89. The number of hydrogen-bond donors (Lipinski definition) is 0. The first-order chi connectivity index (χ1) is 9.38. The number of hydrogen-bond acceptors (Lipinski definition) is 4. The molecule has 0 N–H and O–H groups in total. The molecule has 1 aliphatic carbocycles. The van der Waals surface area contributed by atoms with Crippen molar-refractivity contribution in [1.82, 2.24) is 14.8 Å². The van der Waals surface area contributed by atoms with Crippen molar-refractivity contribution < 1.29 is 8.42 Å². The predicted octanol–water partition coefficient (Wildman–Crippen LogP) is 3.28. The summed E-state index contributed by atoms with van der Waals surface area (Å²) in [6, 6.07) is 5.86. The Morgan fingerprint density at radius 2 is 2.05 bits per heavy atom. The maximum absolute atomic E-state index is 11.6. The highest BCUT2D eigenvalue weighted by Gasteiger charge is 2.34. The van der Waals surface area contributed by atoms with Crippen molar-refractivity contribution >= 4 is 35.7 Å². The molecule has 20 heavy (non-hydrogen) atoms. The molecule has 0 bridgehead atoms. The molecule has 1 aromatic heterocycles. The summed E-state index contributed by atoms with van der Waals surface area (Å²) >= 11 is 3.41. The van der Waals surface area contributed by atoms with Crippen molar-refractivity contribution in [3.05, 3.63) is 28.2 Å². The molecule has 1 aromatic carbocycles. The van der Waals surface area contributed by atoms with E-state index in [1.54, 1.807) is 4.57 Å². The number of nitrogens with zero attached hydrogens (tertiary/aromatic N) is 3. The monoisotopic (exact) mass is 375 g/mol. The van der Waals surface area contributed by atoms with Crippen molar-refractivity contribution in [2.75, 3.05) is 0 Å². The Labute approximate surface area is 129 Å². The zero-order valence-corrected chi connectivity index (χ0v) is 13.7. The van der Waals surface area contributed by atoms with E-state index in [-0.39, 0.29) is 11.2 Å². The predicted molar refractivity (Wildman–Crippen MR) is 79.2 cm³/mol. The fourth-order valence-electron chi connectivity index (χ4n) is 2.17. The highest BCUT2D eigenvalue weighted by Crippen LogP contribution is 2.41. The molecule has 2 aromatic rings. The van der Waals surface area contributed by atoms with Crippen LogP contribution < -0.4 is 0 Å². The molecule has 0 saturated heterocycles. The number of benzene rings is 1. The highest BCUT2D eigenvalue weighted by atomic mass is 79.9. The summed E-state index contributed by atoms with van der Waals surface area (Å²) < 4.78 is 25.8. The molecular weight excluding hydrogens is 366 g/mol. The molecular formula is C12H11BrClN3O2S. The Kier molecular flexibility index (Phi) is 3.38. The van der Waals surface area contributed by atoms with E-state index in [2.05, 4.69) is 26.1 Å². The van der Waals surface area contributed by atoms with Crippen molar-refractivity contribution in [3.63, 3.8) is 0 Å². The summed E-state index contributed by atoms with van der Waals surface area (Å²) in [5.74, 6) is 0.553. The Morgan fingerprint density at radius 1 is 1.35 bits per heavy atom. The number of rotatable bonds is 3. The van der Waals surface area contributed by atoms with Crippen LogP contribution in [0.4, 0.5) is 0 Å². The van der Waals surface area contributed by atoms with Gasteiger partial charge < -0.3 is 0 Å². The quantitative estimate of drug-likeness (QED) is 0.771. The van der Waals surface area contributed by atoms with Crippen molar-refractivity contribution in [1.29, 1.82) is 0 Å². The maximum atomic E-state index is 11.6. The molecule has 5 nitrogen and oxygen atoms in total. The van der Waals surface area contributed by atoms with E-state index >= 15 is 0 Å². The van der Waals surface area contributed by atoms with Crippen LogP contribution in [0.5, 0.6) is 0 Å². The zero-order chi connectivity index (χ0) is 14.5. The standard InChI is InChI=1S/C12H11BrClN3O2S/c1-7-6-8(13)2-5-10(7)11-15-16-12(20(14,18)19)17(11)9-3-4-9/h2,5-6,9H,3-4H2,1H3. The third-order valence-corrected chi connectivity index (χ3v) is 4.85. The van der Waals surface area contributed by atoms with Gasteiger partial charge in [-0.25, -0.2) is 8.42 Å². The third kappa shape index (κ3) is 2.49. The molecule has 0 atom stereocenters. The molecule has 3 rings (SSSR count). The Morgan fingerprint density at radius 3 is 2.60 bits per heavy atom. The molecule has 0 spiro atoms. The van der Waals surface area contributed by atoms with Gasteiger partial charge in [-0.15, -0.1) is 10.2 Å². The highest BCUT2D eigenvalue weighted by molar-refractivity contribution is 9.10. The first kappa shape index (κ1) is 14.0. The Hall–Kier alpha value is -0.920. The van der Waals surface area contributed by atoms with Gasteiger partial charge in [0.2, 0.25) is 0 Å². The van der Waals surface area contributed by atoms with E-state index in [1.165, 1.54) is 0 Å². The van der Waals surface area contributed by atoms with Gasteiger partial charge >= 0.3 is 0 Å². The SMILES string of the molecule is Cc1cc(Br)ccc1-c1nnc(S(=O)(=O)Cl)n1C1CC1. The average Bonchev–Trinajstić information content (AvgIpc) is 3.07. The van der Waals surface area contributed by atoms with Crippen molar-refractivity contribution in [3.8, 4) is 11.4 Å². The van der Waals surface area contributed by atoms with Crippen LogP contribution in [0.15, 0.2) is 27.8 Å². The van der Waals surface area contributed by atoms with Gasteiger partial charge in [0.25, 0.3) is 14.2 Å². The van der Waals surface area contributed by atoms with E-state index < -0.39 is 9.05 Å². The molecule has 1 saturated carbocycles. The van der Waals surface area contributed by atoms with Crippen LogP contribution in [-0.4, -0.2) is 23.2 Å². The Bertz CT molecular complexity index is 784. The van der Waals surface area contributed by atoms with Gasteiger partial charge in [0, 0.05) is 26.8 Å². The number of aryl methyl sites for hydroxylation is 1. The maximum Gasteiger partial charge on any atom is 0.296 e. The first-order valence-electron chi connectivity index (χ1n) is 6.04. The van der Waals surface area contributed by atoms with Gasteiger partial charge in [-0.05, 0) is 43.5 Å². The summed E-state index contributed by atoms with van der Waals surface area (Å²) in [6.07, 6.45) is 1.83. The molecule has 1 heterocycles. The summed E-state index contributed by atoms with van der Waals surface area (Å²) in [5, 5.41) is 7.64. The molecule has 1 aliphatic rings. The molecule has 1 fully saturated rings. The van der Waals surface area contributed by atoms with Crippen LogP contribution >= 0.6 is 26.6 Å². The average molecular weight is 377 g/mol. The minimum absolute atomic E-state index is 0.117. The third-order valence-electron chi connectivity index (χ3n) is 3.22. The van der Waals surface area contributed by atoms with E-state index in [4.69, 9.17) is 10.7 Å². The lowest BCUT2D eigenvalue weighted by Crippen LogP contribution is -2.06. The van der Waals surface area contributed by atoms with Crippen LogP contribution in [-0.2, 0) is 9.05 Å². The van der Waals surface area contributed by atoms with Crippen LogP contribution in [0.1, 0.15) is 24.4 Å². The van der Waals surface area contributed by atoms with Gasteiger partial charge in [-0.3, -0.25) is 4.57 Å². The second kappa shape index (κ2) is 4.82. The fraction of sp³-hybridized carbons (Fsp3) is 0.333. The van der Waals surface area contributed by atoms with E-state index in [0.717, 1.165) is 28.4 Å². The zero-order valence-electron chi connectivity index (χ0n) is 10.5. The lowest BCUT2D eigenvalue weighted by Gasteiger charge is -2.09. The Balaban J connectivity index is 2.22. The van der Waals surface area contributed by atoms with E-state index in [9.17, 15) is 8.42 Å². The van der Waals surface area contributed by atoms with E-state index in [0.29, 0.717) is 5.82 Å². The smallest absolute Gasteiger partial charge is 0.294 e. The molecule has 0 radical (unpaired) electrons. The van der Waals surface area contributed by atoms with Crippen LogP contribution in [0.3, 0.4) is 0 Å². The van der Waals surface area contributed by atoms with Crippen LogP contribution in [0, 0.1) is 6.92 Å². The number of aromatic nitrogens is 3. The number of halogens is 2. The first-order valence-corrected chi connectivity index (χ1v) is 9.14. The molecule has 0 amide bonds. The van der Waals surface area contributed by atoms with E-state index in [1.807, 2.05) is 25.1 Å². The van der Waals surface area contributed by atoms with Crippen molar-refractivity contribution in [2.45, 2.75) is 31.0 Å². The molecule has 8 heteroatoms. The van der Waals surface area contributed by atoms with Gasteiger partial charge in [0.15, 0.2) is 5.82 Å². The van der Waals surface area contributed by atoms with Crippen LogP contribution in [0.25, 0.3) is 11.4 Å². The van der Waals surface area contributed by atoms with Crippen LogP contribution in [0.2, 0.25) is 0 Å². The second-order valence-electron chi connectivity index (χ2n) is 4.80. The second-order valence-corrected chi connectivity index (χ2v) is 8.18. The summed E-state index contributed by atoms with van der Waals surface area (Å²) in [6.45, 7) is 1.95. The molecule has 0 unspecified atom stereocenters. The fourth-order valence-corrected chi connectivity index (χ4v) is 3.57. The largest absolute Gasteiger partial charge is 0.296 e. The van der Waals surface area contributed by atoms with Gasteiger partial charge in [0.1, 0.15) is 0 Å².